The average Bonchev–Trinajstić information content (AvgIpc) is 2.45. The summed E-state index contributed by atoms with van der Waals surface area (Å²) in [5.41, 5.74) is 0. The molecule has 84 valence electrons. The Morgan fingerprint density at radius 2 is 1.93 bits per heavy atom. The van der Waals surface area contributed by atoms with Crippen molar-refractivity contribution in [2.45, 2.75) is 58.0 Å². The third-order valence-electron chi connectivity index (χ3n) is 3.42. The zero-order chi connectivity index (χ0) is 10.6. The second-order valence-electron chi connectivity index (χ2n) is 5.05. The standard InChI is InChI=1S/C12H25NO/c1-10(2)9-12-7-6-11(13(12)3)5-4-8-14/h10-12,14H,4-9H2,1-3H3/t11-,12+/m0/s1. The van der Waals surface area contributed by atoms with Crippen LogP contribution in [0.15, 0.2) is 0 Å². The van der Waals surface area contributed by atoms with E-state index in [1.807, 2.05) is 0 Å². The van der Waals surface area contributed by atoms with Crippen LogP contribution in [0.3, 0.4) is 0 Å². The molecule has 14 heavy (non-hydrogen) atoms. The van der Waals surface area contributed by atoms with E-state index in [0.29, 0.717) is 6.61 Å². The minimum atomic E-state index is 0.346. The van der Waals surface area contributed by atoms with Crippen molar-refractivity contribution in [3.8, 4) is 0 Å². The summed E-state index contributed by atoms with van der Waals surface area (Å²) in [7, 11) is 2.25. The smallest absolute Gasteiger partial charge is 0.0431 e. The molecule has 1 aliphatic heterocycles. The first-order valence-corrected chi connectivity index (χ1v) is 5.98. The molecule has 0 saturated carbocycles. The van der Waals surface area contributed by atoms with Gasteiger partial charge in [0.1, 0.15) is 0 Å². The number of nitrogens with zero attached hydrogens (tertiary/aromatic N) is 1. The van der Waals surface area contributed by atoms with Gasteiger partial charge in [-0.2, -0.15) is 0 Å². The van der Waals surface area contributed by atoms with Gasteiger partial charge in [-0.3, -0.25) is 0 Å². The van der Waals surface area contributed by atoms with Crippen molar-refractivity contribution in [1.29, 1.82) is 0 Å². The maximum atomic E-state index is 8.81. The molecular formula is C12H25NO. The first kappa shape index (κ1) is 12.0. The maximum absolute atomic E-state index is 8.81. The second-order valence-corrected chi connectivity index (χ2v) is 5.05. The Balaban J connectivity index is 2.31. The summed E-state index contributed by atoms with van der Waals surface area (Å²) >= 11 is 0. The van der Waals surface area contributed by atoms with E-state index >= 15 is 0 Å². The highest BCUT2D eigenvalue weighted by molar-refractivity contribution is 4.85. The van der Waals surface area contributed by atoms with Gasteiger partial charge in [-0.1, -0.05) is 13.8 Å². The van der Waals surface area contributed by atoms with Gasteiger partial charge in [-0.15, -0.1) is 0 Å². The summed E-state index contributed by atoms with van der Waals surface area (Å²) in [4.78, 5) is 2.54. The van der Waals surface area contributed by atoms with E-state index in [9.17, 15) is 0 Å². The molecule has 0 radical (unpaired) electrons. The Morgan fingerprint density at radius 3 is 2.50 bits per heavy atom. The molecule has 0 aromatic carbocycles. The van der Waals surface area contributed by atoms with Crippen LogP contribution in [0.2, 0.25) is 0 Å². The zero-order valence-electron chi connectivity index (χ0n) is 9.87. The van der Waals surface area contributed by atoms with E-state index in [1.54, 1.807) is 0 Å². The number of aliphatic hydroxyl groups excluding tert-OH is 1. The molecule has 2 nitrogen and oxygen atoms in total. The number of likely N-dealkylation sites (tertiary alicyclic amines) is 1. The van der Waals surface area contributed by atoms with Crippen molar-refractivity contribution in [2.24, 2.45) is 5.92 Å². The highest BCUT2D eigenvalue weighted by Crippen LogP contribution is 2.28. The highest BCUT2D eigenvalue weighted by atomic mass is 16.2. The van der Waals surface area contributed by atoms with Crippen LogP contribution in [0.25, 0.3) is 0 Å². The summed E-state index contributed by atoms with van der Waals surface area (Å²) in [6.07, 6.45) is 6.13. The molecule has 1 heterocycles. The van der Waals surface area contributed by atoms with Gasteiger partial charge in [-0.05, 0) is 45.1 Å². The van der Waals surface area contributed by atoms with Crippen LogP contribution < -0.4 is 0 Å². The third kappa shape index (κ3) is 3.25. The van der Waals surface area contributed by atoms with E-state index in [4.69, 9.17) is 5.11 Å². The maximum Gasteiger partial charge on any atom is 0.0431 e. The largest absolute Gasteiger partial charge is 0.396 e. The van der Waals surface area contributed by atoms with Gasteiger partial charge in [0.25, 0.3) is 0 Å². The van der Waals surface area contributed by atoms with Gasteiger partial charge >= 0.3 is 0 Å². The average molecular weight is 199 g/mol. The molecule has 0 aromatic rings. The normalized spacial score (nSPS) is 28.9. The summed E-state index contributed by atoms with van der Waals surface area (Å²) in [6, 6.07) is 1.52. The Hall–Kier alpha value is -0.0800. The minimum absolute atomic E-state index is 0.346. The molecule has 2 heteroatoms. The van der Waals surface area contributed by atoms with Crippen LogP contribution >= 0.6 is 0 Å². The molecule has 0 aliphatic carbocycles. The van der Waals surface area contributed by atoms with E-state index < -0.39 is 0 Å². The second kappa shape index (κ2) is 5.72. The Labute approximate surface area is 88.3 Å². The molecule has 1 aliphatic rings. The van der Waals surface area contributed by atoms with Crippen molar-refractivity contribution < 1.29 is 5.11 Å². The van der Waals surface area contributed by atoms with E-state index in [2.05, 4.69) is 25.8 Å². The molecule has 0 bridgehead atoms. The quantitative estimate of drug-likeness (QED) is 0.734. The fourth-order valence-corrected chi connectivity index (χ4v) is 2.59. The van der Waals surface area contributed by atoms with Crippen LogP contribution in [0, 0.1) is 5.92 Å². The topological polar surface area (TPSA) is 23.5 Å². The summed E-state index contributed by atoms with van der Waals surface area (Å²) in [6.45, 7) is 4.95. The lowest BCUT2D eigenvalue weighted by Gasteiger charge is -2.26. The third-order valence-corrected chi connectivity index (χ3v) is 3.42. The molecule has 1 fully saturated rings. The van der Waals surface area contributed by atoms with Crippen LogP contribution in [0.5, 0.6) is 0 Å². The SMILES string of the molecule is CC(C)C[C@H]1CC[C@H](CCCO)N1C. The number of rotatable bonds is 5. The predicted molar refractivity (Wildman–Crippen MR) is 60.3 cm³/mol. The molecule has 1 rings (SSSR count). The molecule has 0 amide bonds. The lowest BCUT2D eigenvalue weighted by molar-refractivity contribution is 0.194. The van der Waals surface area contributed by atoms with Crippen molar-refractivity contribution >= 4 is 0 Å². The molecule has 1 saturated heterocycles. The van der Waals surface area contributed by atoms with E-state index in [1.165, 1.54) is 25.7 Å². The van der Waals surface area contributed by atoms with Gasteiger partial charge in [0.05, 0.1) is 0 Å². The zero-order valence-corrected chi connectivity index (χ0v) is 9.87. The van der Waals surface area contributed by atoms with Crippen molar-refractivity contribution in [3.63, 3.8) is 0 Å². The van der Waals surface area contributed by atoms with Crippen LogP contribution in [0.4, 0.5) is 0 Å². The summed E-state index contributed by atoms with van der Waals surface area (Å²) in [5, 5.41) is 8.81. The number of aliphatic hydroxyl groups is 1. The van der Waals surface area contributed by atoms with E-state index in [0.717, 1.165) is 24.4 Å². The van der Waals surface area contributed by atoms with Crippen molar-refractivity contribution in [1.82, 2.24) is 4.90 Å². The fraction of sp³-hybridized carbons (Fsp3) is 1.00. The first-order chi connectivity index (χ1) is 6.65. The van der Waals surface area contributed by atoms with Gasteiger partial charge in [-0.25, -0.2) is 0 Å². The van der Waals surface area contributed by atoms with Crippen molar-refractivity contribution in [3.05, 3.63) is 0 Å². The number of hydrogen-bond acceptors (Lipinski definition) is 2. The Morgan fingerprint density at radius 1 is 1.29 bits per heavy atom. The van der Waals surface area contributed by atoms with Crippen LogP contribution in [-0.4, -0.2) is 35.7 Å². The first-order valence-electron chi connectivity index (χ1n) is 5.98. The lowest BCUT2D eigenvalue weighted by Crippen LogP contribution is -2.33. The number of hydrogen-bond donors (Lipinski definition) is 1. The minimum Gasteiger partial charge on any atom is -0.396 e. The monoisotopic (exact) mass is 199 g/mol. The molecule has 0 aromatic heterocycles. The summed E-state index contributed by atoms with van der Waals surface area (Å²) in [5.74, 6) is 0.805. The van der Waals surface area contributed by atoms with Gasteiger partial charge < -0.3 is 10.0 Å². The molecule has 1 N–H and O–H groups in total. The molecule has 0 unspecified atom stereocenters. The lowest BCUT2D eigenvalue weighted by atomic mass is 10.0. The Bertz CT molecular complexity index is 158. The summed E-state index contributed by atoms with van der Waals surface area (Å²) < 4.78 is 0. The van der Waals surface area contributed by atoms with Crippen LogP contribution in [-0.2, 0) is 0 Å². The van der Waals surface area contributed by atoms with Crippen molar-refractivity contribution in [2.75, 3.05) is 13.7 Å². The molecular weight excluding hydrogens is 174 g/mol. The van der Waals surface area contributed by atoms with Crippen LogP contribution in [0.1, 0.15) is 46.0 Å². The Kier molecular flexibility index (Phi) is 4.90. The predicted octanol–water partition coefficient (Wildman–Crippen LogP) is 2.27. The fourth-order valence-electron chi connectivity index (χ4n) is 2.59. The highest BCUT2D eigenvalue weighted by Gasteiger charge is 2.29. The van der Waals surface area contributed by atoms with Gasteiger partial charge in [0.2, 0.25) is 0 Å². The van der Waals surface area contributed by atoms with Gasteiger partial charge in [0, 0.05) is 18.7 Å². The molecule has 2 atom stereocenters. The van der Waals surface area contributed by atoms with E-state index in [-0.39, 0.29) is 0 Å². The molecule has 0 spiro atoms. The van der Waals surface area contributed by atoms with Gasteiger partial charge in [0.15, 0.2) is 0 Å².